The summed E-state index contributed by atoms with van der Waals surface area (Å²) >= 11 is 0. The highest BCUT2D eigenvalue weighted by Gasteiger charge is 2.23. The largest absolute Gasteiger partial charge is 0.508 e. The summed E-state index contributed by atoms with van der Waals surface area (Å²) in [6.45, 7) is 0. The lowest BCUT2D eigenvalue weighted by molar-refractivity contribution is 0.439. The van der Waals surface area contributed by atoms with Crippen LogP contribution < -0.4 is 0 Å². The van der Waals surface area contributed by atoms with Crippen molar-refractivity contribution in [3.8, 4) is 28.7 Å². The number of hydrogen-bond donors (Lipinski definition) is 5. The molecule has 5 heteroatoms. The first-order valence-electron chi connectivity index (χ1n) is 7.28. The van der Waals surface area contributed by atoms with Gasteiger partial charge in [0.05, 0.1) is 0 Å². The van der Waals surface area contributed by atoms with Gasteiger partial charge in [0.1, 0.15) is 28.7 Å². The van der Waals surface area contributed by atoms with Crippen molar-refractivity contribution in [2.75, 3.05) is 0 Å². The maximum Gasteiger partial charge on any atom is 0.123 e. The number of rotatable bonds is 3. The SMILES string of the molecule is Oc1cccc(C(c2ccc(O)cc2O)c2ccc(O)cc2O)c1. The molecule has 0 saturated heterocycles. The van der Waals surface area contributed by atoms with E-state index < -0.39 is 5.92 Å². The average Bonchev–Trinajstić information content (AvgIpc) is 2.51. The van der Waals surface area contributed by atoms with Crippen LogP contribution in [0.15, 0.2) is 60.7 Å². The van der Waals surface area contributed by atoms with Gasteiger partial charge in [0.15, 0.2) is 0 Å². The van der Waals surface area contributed by atoms with E-state index in [1.54, 1.807) is 24.3 Å². The summed E-state index contributed by atoms with van der Waals surface area (Å²) < 4.78 is 0. The second-order valence-corrected chi connectivity index (χ2v) is 5.51. The maximum absolute atomic E-state index is 10.2. The van der Waals surface area contributed by atoms with Gasteiger partial charge in [-0.1, -0.05) is 24.3 Å². The second kappa shape index (κ2) is 6.04. The van der Waals surface area contributed by atoms with E-state index >= 15 is 0 Å². The van der Waals surface area contributed by atoms with Gasteiger partial charge in [-0.2, -0.15) is 0 Å². The highest BCUT2D eigenvalue weighted by atomic mass is 16.3. The van der Waals surface area contributed by atoms with Gasteiger partial charge in [0.2, 0.25) is 0 Å². The number of phenols is 5. The minimum Gasteiger partial charge on any atom is -0.508 e. The zero-order valence-electron chi connectivity index (χ0n) is 12.6. The zero-order valence-corrected chi connectivity index (χ0v) is 12.6. The summed E-state index contributed by atoms with van der Waals surface area (Å²) in [5, 5.41) is 49.3. The highest BCUT2D eigenvalue weighted by Crippen LogP contribution is 2.42. The first-order valence-corrected chi connectivity index (χ1v) is 7.28. The lowest BCUT2D eigenvalue weighted by Gasteiger charge is -2.21. The minimum absolute atomic E-state index is 0.0500. The molecule has 0 radical (unpaired) electrons. The van der Waals surface area contributed by atoms with Gasteiger partial charge < -0.3 is 25.5 Å². The van der Waals surface area contributed by atoms with Crippen molar-refractivity contribution in [2.24, 2.45) is 0 Å². The molecule has 5 N–H and O–H groups in total. The van der Waals surface area contributed by atoms with Crippen LogP contribution in [0.1, 0.15) is 22.6 Å². The number of aromatic hydroxyl groups is 5. The third-order valence-electron chi connectivity index (χ3n) is 3.85. The van der Waals surface area contributed by atoms with E-state index in [1.165, 1.54) is 36.4 Å². The molecule has 0 fully saturated rings. The summed E-state index contributed by atoms with van der Waals surface area (Å²) in [6.07, 6.45) is 0. The van der Waals surface area contributed by atoms with Crippen molar-refractivity contribution in [1.82, 2.24) is 0 Å². The maximum atomic E-state index is 10.2. The molecule has 3 aromatic carbocycles. The molecular formula is C19H16O5. The fourth-order valence-corrected chi connectivity index (χ4v) is 2.78. The van der Waals surface area contributed by atoms with E-state index in [4.69, 9.17) is 0 Å². The van der Waals surface area contributed by atoms with Gasteiger partial charge in [-0.15, -0.1) is 0 Å². The molecule has 0 spiro atoms. The standard InChI is InChI=1S/C19H16O5/c20-12-3-1-2-11(8-12)19(15-6-4-13(21)9-17(15)23)16-7-5-14(22)10-18(16)24/h1-10,19-24H. The normalized spacial score (nSPS) is 10.9. The fourth-order valence-electron chi connectivity index (χ4n) is 2.78. The molecule has 122 valence electrons. The fraction of sp³-hybridized carbons (Fsp3) is 0.0526. The number of phenolic OH excluding ortho intramolecular Hbond substituents is 5. The molecule has 0 bridgehead atoms. The summed E-state index contributed by atoms with van der Waals surface area (Å²) in [6, 6.07) is 14.8. The van der Waals surface area contributed by atoms with Crippen LogP contribution >= 0.6 is 0 Å². The highest BCUT2D eigenvalue weighted by molar-refractivity contribution is 5.55. The average molecular weight is 324 g/mol. The van der Waals surface area contributed by atoms with E-state index in [1.807, 2.05) is 0 Å². The van der Waals surface area contributed by atoms with Crippen LogP contribution in [0, 0.1) is 0 Å². The van der Waals surface area contributed by atoms with Crippen LogP contribution in [0.5, 0.6) is 28.7 Å². The molecule has 24 heavy (non-hydrogen) atoms. The summed E-state index contributed by atoms with van der Waals surface area (Å²) in [4.78, 5) is 0. The topological polar surface area (TPSA) is 101 Å². The monoisotopic (exact) mass is 324 g/mol. The van der Waals surface area contributed by atoms with E-state index in [0.29, 0.717) is 16.7 Å². The van der Waals surface area contributed by atoms with Gasteiger partial charge in [0, 0.05) is 29.2 Å². The third kappa shape index (κ3) is 2.92. The van der Waals surface area contributed by atoms with Crippen molar-refractivity contribution in [2.45, 2.75) is 5.92 Å². The Morgan fingerprint density at radius 2 is 1.04 bits per heavy atom. The van der Waals surface area contributed by atoms with Crippen LogP contribution in [0.25, 0.3) is 0 Å². The van der Waals surface area contributed by atoms with Crippen LogP contribution in [0.3, 0.4) is 0 Å². The molecule has 0 aliphatic rings. The van der Waals surface area contributed by atoms with E-state index in [-0.39, 0.29) is 28.7 Å². The van der Waals surface area contributed by atoms with Gasteiger partial charge in [-0.25, -0.2) is 0 Å². The molecule has 3 rings (SSSR count). The summed E-state index contributed by atoms with van der Waals surface area (Å²) in [5.74, 6) is -0.999. The van der Waals surface area contributed by atoms with Gasteiger partial charge >= 0.3 is 0 Å². The lowest BCUT2D eigenvalue weighted by atomic mass is 9.84. The zero-order chi connectivity index (χ0) is 17.3. The van der Waals surface area contributed by atoms with Crippen LogP contribution in [0.2, 0.25) is 0 Å². The Hall–Kier alpha value is -3.34. The van der Waals surface area contributed by atoms with E-state index in [0.717, 1.165) is 0 Å². The third-order valence-corrected chi connectivity index (χ3v) is 3.85. The molecule has 5 nitrogen and oxygen atoms in total. The molecule has 0 aliphatic carbocycles. The molecular weight excluding hydrogens is 308 g/mol. The lowest BCUT2D eigenvalue weighted by Crippen LogP contribution is -2.04. The Kier molecular flexibility index (Phi) is 3.92. The Morgan fingerprint density at radius 3 is 1.50 bits per heavy atom. The number of benzene rings is 3. The summed E-state index contributed by atoms with van der Waals surface area (Å²) in [5.41, 5.74) is 1.52. The Labute approximate surface area is 138 Å². The van der Waals surface area contributed by atoms with Gasteiger partial charge in [-0.05, 0) is 29.8 Å². The van der Waals surface area contributed by atoms with Crippen molar-refractivity contribution in [3.63, 3.8) is 0 Å². The van der Waals surface area contributed by atoms with Crippen molar-refractivity contribution in [3.05, 3.63) is 77.4 Å². The molecule has 0 unspecified atom stereocenters. The van der Waals surface area contributed by atoms with Gasteiger partial charge in [0.25, 0.3) is 0 Å². The first-order chi connectivity index (χ1) is 11.5. The first kappa shape index (κ1) is 15.6. The van der Waals surface area contributed by atoms with Crippen LogP contribution in [-0.4, -0.2) is 25.5 Å². The number of hydrogen-bond acceptors (Lipinski definition) is 5. The van der Waals surface area contributed by atoms with Crippen molar-refractivity contribution >= 4 is 0 Å². The van der Waals surface area contributed by atoms with Crippen LogP contribution in [0.4, 0.5) is 0 Å². The van der Waals surface area contributed by atoms with E-state index in [2.05, 4.69) is 0 Å². The predicted molar refractivity (Wildman–Crippen MR) is 88.6 cm³/mol. The van der Waals surface area contributed by atoms with Gasteiger partial charge in [-0.3, -0.25) is 0 Å². The molecule has 0 aromatic heterocycles. The molecule has 0 aliphatic heterocycles. The second-order valence-electron chi connectivity index (χ2n) is 5.51. The quantitative estimate of drug-likeness (QED) is 0.475. The molecule has 0 amide bonds. The molecule has 0 saturated carbocycles. The Morgan fingerprint density at radius 1 is 0.542 bits per heavy atom. The Balaban J connectivity index is 2.24. The molecule has 3 aromatic rings. The molecule has 0 atom stereocenters. The predicted octanol–water partition coefficient (Wildman–Crippen LogP) is 3.39. The Bertz CT molecular complexity index is 837. The minimum atomic E-state index is -0.599. The van der Waals surface area contributed by atoms with Crippen LogP contribution in [-0.2, 0) is 0 Å². The summed E-state index contributed by atoms with van der Waals surface area (Å²) in [7, 11) is 0. The van der Waals surface area contributed by atoms with Crippen molar-refractivity contribution in [1.29, 1.82) is 0 Å². The molecule has 0 heterocycles. The van der Waals surface area contributed by atoms with E-state index in [9.17, 15) is 25.5 Å². The smallest absolute Gasteiger partial charge is 0.123 e. The van der Waals surface area contributed by atoms with Crippen molar-refractivity contribution < 1.29 is 25.5 Å².